The van der Waals surface area contributed by atoms with Crippen molar-refractivity contribution in [1.29, 1.82) is 5.26 Å². The minimum atomic E-state index is -0.474. The summed E-state index contributed by atoms with van der Waals surface area (Å²) in [6.07, 6.45) is 0. The zero-order valence-electron chi connectivity index (χ0n) is 14.0. The van der Waals surface area contributed by atoms with Crippen molar-refractivity contribution in [3.8, 4) is 17.2 Å². The van der Waals surface area contributed by atoms with Crippen LogP contribution < -0.4 is 5.43 Å². The molecule has 0 aliphatic carbocycles. The zero-order valence-corrected chi connectivity index (χ0v) is 15.5. The summed E-state index contributed by atoms with van der Waals surface area (Å²) in [4.78, 5) is 12.5. The number of nitrogens with one attached hydrogen (secondary N) is 1. The molecule has 3 aromatic rings. The highest BCUT2D eigenvalue weighted by molar-refractivity contribution is 6.51. The molecule has 0 spiro atoms. The van der Waals surface area contributed by atoms with Crippen LogP contribution in [-0.4, -0.2) is 11.5 Å². The number of anilines is 1. The van der Waals surface area contributed by atoms with Crippen molar-refractivity contribution in [2.45, 2.75) is 0 Å². The number of hydrogen-bond donors (Lipinski definition) is 1. The van der Waals surface area contributed by atoms with Gasteiger partial charge in [-0.1, -0.05) is 77.8 Å². The number of nitrogens with zero attached hydrogens (tertiary/aromatic N) is 2. The standard InChI is InChI=1S/C21H13Cl2N3O/c22-17-10-18(23)12-19(11-17)25-26-20(13-24)21(27)16-8-6-15(7-9-16)14-4-2-1-3-5-14/h1-12,25H/b26-20+. The third-order valence-corrected chi connectivity index (χ3v) is 4.17. The Kier molecular flexibility index (Phi) is 5.87. The molecule has 132 valence electrons. The van der Waals surface area contributed by atoms with Gasteiger partial charge in [0, 0.05) is 15.6 Å². The molecule has 1 N–H and O–H groups in total. The number of nitriles is 1. The Bertz CT molecular complexity index is 1020. The third-order valence-electron chi connectivity index (χ3n) is 3.73. The van der Waals surface area contributed by atoms with Crippen molar-refractivity contribution in [1.82, 2.24) is 0 Å². The zero-order chi connectivity index (χ0) is 19.2. The summed E-state index contributed by atoms with van der Waals surface area (Å²) in [6, 6.07) is 23.4. The lowest BCUT2D eigenvalue weighted by Crippen LogP contribution is -2.14. The van der Waals surface area contributed by atoms with Gasteiger partial charge in [0.25, 0.3) is 0 Å². The number of hydrogen-bond acceptors (Lipinski definition) is 4. The quantitative estimate of drug-likeness (QED) is 0.336. The molecule has 0 aliphatic heterocycles. The van der Waals surface area contributed by atoms with E-state index in [0.29, 0.717) is 21.3 Å². The van der Waals surface area contributed by atoms with Crippen molar-refractivity contribution in [2.75, 3.05) is 5.43 Å². The van der Waals surface area contributed by atoms with Crippen LogP contribution >= 0.6 is 23.2 Å². The molecule has 3 rings (SSSR count). The Balaban J connectivity index is 1.79. The van der Waals surface area contributed by atoms with Crippen molar-refractivity contribution >= 4 is 40.4 Å². The molecule has 0 atom stereocenters. The van der Waals surface area contributed by atoms with Crippen LogP contribution in [0, 0.1) is 11.3 Å². The van der Waals surface area contributed by atoms with E-state index in [0.717, 1.165) is 11.1 Å². The molecule has 0 amide bonds. The average molecular weight is 394 g/mol. The molecule has 0 saturated heterocycles. The maximum absolute atomic E-state index is 12.5. The molecular formula is C21H13Cl2N3O. The van der Waals surface area contributed by atoms with E-state index in [1.807, 2.05) is 48.5 Å². The highest BCUT2D eigenvalue weighted by Gasteiger charge is 2.14. The SMILES string of the molecule is N#C/C(=N\Nc1cc(Cl)cc(Cl)c1)C(=O)c1ccc(-c2ccccc2)cc1. The summed E-state index contributed by atoms with van der Waals surface area (Å²) in [5.74, 6) is -0.474. The molecule has 0 saturated carbocycles. The van der Waals surface area contributed by atoms with Crippen LogP contribution in [0.4, 0.5) is 5.69 Å². The Morgan fingerprint density at radius 1 is 0.889 bits per heavy atom. The first-order valence-corrected chi connectivity index (χ1v) is 8.72. The second-order valence-electron chi connectivity index (χ2n) is 5.61. The number of ketones is 1. The molecule has 0 aliphatic rings. The first-order chi connectivity index (χ1) is 13.1. The minimum absolute atomic E-state index is 0.265. The van der Waals surface area contributed by atoms with E-state index < -0.39 is 5.78 Å². The number of benzene rings is 3. The van der Waals surface area contributed by atoms with Gasteiger partial charge in [-0.3, -0.25) is 10.2 Å². The van der Waals surface area contributed by atoms with Crippen molar-refractivity contribution in [3.63, 3.8) is 0 Å². The fourth-order valence-electron chi connectivity index (χ4n) is 2.45. The van der Waals surface area contributed by atoms with Gasteiger partial charge in [0.1, 0.15) is 6.07 Å². The van der Waals surface area contributed by atoms with Gasteiger partial charge in [0.05, 0.1) is 5.69 Å². The molecule has 0 unspecified atom stereocenters. The maximum Gasteiger partial charge on any atom is 0.223 e. The van der Waals surface area contributed by atoms with Gasteiger partial charge in [-0.25, -0.2) is 0 Å². The summed E-state index contributed by atoms with van der Waals surface area (Å²) >= 11 is 11.8. The predicted octanol–water partition coefficient (Wildman–Crippen LogP) is 5.83. The molecule has 0 heterocycles. The van der Waals surface area contributed by atoms with E-state index in [2.05, 4.69) is 10.5 Å². The molecular weight excluding hydrogens is 381 g/mol. The first kappa shape index (κ1) is 18.7. The topological polar surface area (TPSA) is 65.2 Å². The lowest BCUT2D eigenvalue weighted by Gasteiger charge is -2.05. The Hall–Kier alpha value is -3.13. The van der Waals surface area contributed by atoms with Gasteiger partial charge in [0.15, 0.2) is 0 Å². The van der Waals surface area contributed by atoms with Gasteiger partial charge in [0.2, 0.25) is 11.5 Å². The maximum atomic E-state index is 12.5. The molecule has 27 heavy (non-hydrogen) atoms. The highest BCUT2D eigenvalue weighted by Crippen LogP contribution is 2.23. The van der Waals surface area contributed by atoms with Crippen LogP contribution in [0.15, 0.2) is 77.9 Å². The summed E-state index contributed by atoms with van der Waals surface area (Å²) in [7, 11) is 0. The Labute approximate surface area is 166 Å². The predicted molar refractivity (Wildman–Crippen MR) is 109 cm³/mol. The molecule has 0 aromatic heterocycles. The lowest BCUT2D eigenvalue weighted by molar-refractivity contribution is 0.106. The highest BCUT2D eigenvalue weighted by atomic mass is 35.5. The smallest absolute Gasteiger partial charge is 0.223 e. The number of rotatable bonds is 5. The Morgan fingerprint density at radius 3 is 2.07 bits per heavy atom. The van der Waals surface area contributed by atoms with E-state index in [9.17, 15) is 10.1 Å². The number of Topliss-reactive ketones (excluding diaryl/α,β-unsaturated/α-hetero) is 1. The van der Waals surface area contributed by atoms with Crippen molar-refractivity contribution in [3.05, 3.63) is 88.4 Å². The van der Waals surface area contributed by atoms with E-state index >= 15 is 0 Å². The summed E-state index contributed by atoms with van der Waals surface area (Å²) in [5, 5.41) is 14.0. The lowest BCUT2D eigenvalue weighted by atomic mass is 10.0. The van der Waals surface area contributed by atoms with Crippen LogP contribution in [-0.2, 0) is 0 Å². The van der Waals surface area contributed by atoms with E-state index in [4.69, 9.17) is 23.2 Å². The van der Waals surface area contributed by atoms with Crippen LogP contribution in [0.2, 0.25) is 10.0 Å². The normalized spacial score (nSPS) is 10.9. The minimum Gasteiger partial charge on any atom is -0.286 e. The molecule has 3 aromatic carbocycles. The molecule has 0 bridgehead atoms. The van der Waals surface area contributed by atoms with Crippen LogP contribution in [0.5, 0.6) is 0 Å². The average Bonchev–Trinajstić information content (AvgIpc) is 2.68. The monoisotopic (exact) mass is 393 g/mol. The largest absolute Gasteiger partial charge is 0.286 e. The molecule has 0 radical (unpaired) electrons. The fraction of sp³-hybridized carbons (Fsp3) is 0. The van der Waals surface area contributed by atoms with Crippen LogP contribution in [0.25, 0.3) is 11.1 Å². The van der Waals surface area contributed by atoms with Crippen LogP contribution in [0.3, 0.4) is 0 Å². The van der Waals surface area contributed by atoms with Crippen LogP contribution in [0.1, 0.15) is 10.4 Å². The number of carbonyl (C=O) groups excluding carboxylic acids is 1. The summed E-state index contributed by atoms with van der Waals surface area (Å²) in [6.45, 7) is 0. The second kappa shape index (κ2) is 8.50. The van der Waals surface area contributed by atoms with E-state index in [-0.39, 0.29) is 5.71 Å². The van der Waals surface area contributed by atoms with Gasteiger partial charge in [-0.2, -0.15) is 10.4 Å². The first-order valence-electron chi connectivity index (χ1n) is 7.97. The third kappa shape index (κ3) is 4.73. The van der Waals surface area contributed by atoms with Gasteiger partial charge in [-0.15, -0.1) is 0 Å². The molecule has 0 fully saturated rings. The van der Waals surface area contributed by atoms with Gasteiger partial charge >= 0.3 is 0 Å². The van der Waals surface area contributed by atoms with Gasteiger partial charge < -0.3 is 0 Å². The molecule has 6 heteroatoms. The summed E-state index contributed by atoms with van der Waals surface area (Å²) < 4.78 is 0. The van der Waals surface area contributed by atoms with E-state index in [1.165, 1.54) is 0 Å². The van der Waals surface area contributed by atoms with Gasteiger partial charge in [-0.05, 0) is 29.3 Å². The fourth-order valence-corrected chi connectivity index (χ4v) is 2.97. The number of halogens is 2. The number of carbonyl (C=O) groups is 1. The number of hydrazone groups is 1. The van der Waals surface area contributed by atoms with Crippen molar-refractivity contribution in [2.24, 2.45) is 5.10 Å². The van der Waals surface area contributed by atoms with Crippen molar-refractivity contribution < 1.29 is 4.79 Å². The Morgan fingerprint density at radius 2 is 1.48 bits per heavy atom. The van der Waals surface area contributed by atoms with E-state index in [1.54, 1.807) is 30.3 Å². The summed E-state index contributed by atoms with van der Waals surface area (Å²) in [5.41, 5.74) is 5.26. The second-order valence-corrected chi connectivity index (χ2v) is 6.49. The molecule has 4 nitrogen and oxygen atoms in total.